The minimum absolute atomic E-state index is 0.119. The van der Waals surface area contributed by atoms with Gasteiger partial charge >= 0.3 is 0 Å². The van der Waals surface area contributed by atoms with Gasteiger partial charge in [0.2, 0.25) is 5.91 Å². The molecular formula is C20H18ClN3O3S. The van der Waals surface area contributed by atoms with Crippen molar-refractivity contribution in [2.24, 2.45) is 5.73 Å². The fourth-order valence-corrected chi connectivity index (χ4v) is 3.62. The normalized spacial score (nSPS) is 10.5. The average Bonchev–Trinajstić information content (AvgIpc) is 3.21. The lowest BCUT2D eigenvalue weighted by atomic mass is 10.1. The van der Waals surface area contributed by atoms with E-state index in [9.17, 15) is 9.59 Å². The monoisotopic (exact) mass is 415 g/mol. The van der Waals surface area contributed by atoms with Crippen LogP contribution in [-0.4, -0.2) is 29.2 Å². The Morgan fingerprint density at radius 2 is 1.89 bits per heavy atom. The van der Waals surface area contributed by atoms with E-state index in [1.165, 1.54) is 18.9 Å². The predicted molar refractivity (Wildman–Crippen MR) is 112 cm³/mol. The fraction of sp³-hybridized carbons (Fsp3) is 0.100. The Morgan fingerprint density at radius 3 is 2.57 bits per heavy atom. The molecule has 0 bridgehead atoms. The highest BCUT2D eigenvalue weighted by Crippen LogP contribution is 2.32. The van der Waals surface area contributed by atoms with E-state index in [1.54, 1.807) is 24.3 Å². The lowest BCUT2D eigenvalue weighted by molar-refractivity contribution is -0.115. The first-order chi connectivity index (χ1) is 13.5. The number of ether oxygens (including phenoxy) is 1. The molecule has 8 heteroatoms. The summed E-state index contributed by atoms with van der Waals surface area (Å²) in [6, 6.07) is 14.2. The molecular weight excluding hydrogens is 398 g/mol. The number of primary amides is 1. The largest absolute Gasteiger partial charge is 0.496 e. The number of anilines is 1. The number of nitrogens with two attached hydrogens (primary N) is 1. The van der Waals surface area contributed by atoms with E-state index in [1.807, 2.05) is 41.2 Å². The lowest BCUT2D eigenvalue weighted by Gasteiger charge is -2.15. The molecule has 3 aromatic rings. The van der Waals surface area contributed by atoms with Gasteiger partial charge in [0.1, 0.15) is 5.75 Å². The Hall–Kier alpha value is -2.90. The number of methoxy groups -OCH3 is 1. The van der Waals surface area contributed by atoms with E-state index in [2.05, 4.69) is 5.32 Å². The van der Waals surface area contributed by atoms with Crippen molar-refractivity contribution in [1.29, 1.82) is 0 Å². The van der Waals surface area contributed by atoms with Crippen molar-refractivity contribution in [3.63, 3.8) is 0 Å². The highest BCUT2D eigenvalue weighted by Gasteiger charge is 2.18. The van der Waals surface area contributed by atoms with Crippen molar-refractivity contribution >= 4 is 40.9 Å². The van der Waals surface area contributed by atoms with Crippen LogP contribution in [0.2, 0.25) is 5.02 Å². The van der Waals surface area contributed by atoms with Crippen LogP contribution >= 0.6 is 23.4 Å². The van der Waals surface area contributed by atoms with Crippen molar-refractivity contribution in [3.05, 3.63) is 71.5 Å². The Morgan fingerprint density at radius 1 is 1.18 bits per heavy atom. The fourth-order valence-electron chi connectivity index (χ4n) is 2.62. The summed E-state index contributed by atoms with van der Waals surface area (Å²) in [6.45, 7) is 0. The number of rotatable bonds is 7. The van der Waals surface area contributed by atoms with E-state index < -0.39 is 5.91 Å². The Labute approximate surface area is 171 Å². The third-order valence-corrected chi connectivity index (χ3v) is 5.30. The highest BCUT2D eigenvalue weighted by molar-refractivity contribution is 8.00. The number of nitrogens with zero attached hydrogens (tertiary/aromatic N) is 1. The van der Waals surface area contributed by atoms with Crippen molar-refractivity contribution < 1.29 is 14.3 Å². The van der Waals surface area contributed by atoms with Gasteiger partial charge in [-0.1, -0.05) is 23.7 Å². The molecule has 1 aromatic heterocycles. The molecule has 0 saturated carbocycles. The molecule has 0 aliphatic heterocycles. The minimum atomic E-state index is -0.430. The minimum Gasteiger partial charge on any atom is -0.496 e. The van der Waals surface area contributed by atoms with Crippen LogP contribution in [0, 0.1) is 0 Å². The first kappa shape index (κ1) is 19.9. The number of nitrogens with one attached hydrogen (secondary N) is 1. The number of hydrogen-bond acceptors (Lipinski definition) is 4. The highest BCUT2D eigenvalue weighted by atomic mass is 35.5. The lowest BCUT2D eigenvalue weighted by Crippen LogP contribution is -2.15. The molecule has 0 atom stereocenters. The molecule has 0 unspecified atom stereocenters. The number of benzene rings is 2. The molecule has 0 aliphatic rings. The van der Waals surface area contributed by atoms with Crippen molar-refractivity contribution in [3.8, 4) is 11.4 Å². The summed E-state index contributed by atoms with van der Waals surface area (Å²) in [4.78, 5) is 24.7. The molecule has 0 spiro atoms. The molecule has 3 rings (SSSR count). The molecule has 28 heavy (non-hydrogen) atoms. The van der Waals surface area contributed by atoms with E-state index >= 15 is 0 Å². The van der Waals surface area contributed by atoms with Gasteiger partial charge in [0.05, 0.1) is 34.8 Å². The van der Waals surface area contributed by atoms with Gasteiger partial charge in [-0.3, -0.25) is 9.59 Å². The standard InChI is InChI=1S/C20H18ClN3O3S/c1-27-17-11-16(24-8-4-5-9-24)14(21)10-13(17)20(26)23-15-6-2-3-7-18(15)28-12-19(22)25/h2-11H,12H2,1H3,(H2,22,25)(H,23,26). The van der Waals surface area contributed by atoms with Crippen LogP contribution in [0.1, 0.15) is 10.4 Å². The number of para-hydroxylation sites is 1. The molecule has 0 saturated heterocycles. The van der Waals surface area contributed by atoms with Crippen LogP contribution in [0.25, 0.3) is 5.69 Å². The Bertz CT molecular complexity index is 1010. The summed E-state index contributed by atoms with van der Waals surface area (Å²) < 4.78 is 7.24. The van der Waals surface area contributed by atoms with E-state index in [-0.39, 0.29) is 11.7 Å². The van der Waals surface area contributed by atoms with E-state index in [0.29, 0.717) is 27.7 Å². The van der Waals surface area contributed by atoms with Crippen LogP contribution in [0.3, 0.4) is 0 Å². The second-order valence-electron chi connectivity index (χ2n) is 5.80. The van der Waals surface area contributed by atoms with Gasteiger partial charge in [-0.05, 0) is 30.3 Å². The first-order valence-corrected chi connectivity index (χ1v) is 9.68. The van der Waals surface area contributed by atoms with E-state index in [4.69, 9.17) is 22.1 Å². The summed E-state index contributed by atoms with van der Waals surface area (Å²) in [7, 11) is 1.50. The maximum absolute atomic E-state index is 12.9. The second-order valence-corrected chi connectivity index (χ2v) is 7.22. The van der Waals surface area contributed by atoms with E-state index in [0.717, 1.165) is 4.90 Å². The maximum atomic E-state index is 12.9. The van der Waals surface area contributed by atoms with Crippen LogP contribution in [0.4, 0.5) is 5.69 Å². The van der Waals surface area contributed by atoms with Crippen molar-refractivity contribution in [2.75, 3.05) is 18.2 Å². The third-order valence-electron chi connectivity index (χ3n) is 3.90. The Balaban J connectivity index is 1.89. The zero-order chi connectivity index (χ0) is 20.1. The smallest absolute Gasteiger partial charge is 0.259 e. The molecule has 144 valence electrons. The molecule has 2 amide bonds. The zero-order valence-corrected chi connectivity index (χ0v) is 16.6. The van der Waals surface area contributed by atoms with Gasteiger partial charge < -0.3 is 20.4 Å². The SMILES string of the molecule is COc1cc(-n2cccc2)c(Cl)cc1C(=O)Nc1ccccc1SCC(N)=O. The summed E-state index contributed by atoms with van der Waals surface area (Å²) in [6.07, 6.45) is 3.71. The van der Waals surface area contributed by atoms with Crippen molar-refractivity contribution in [2.45, 2.75) is 4.90 Å². The van der Waals surface area contributed by atoms with Gasteiger partial charge in [0.15, 0.2) is 0 Å². The van der Waals surface area contributed by atoms with Crippen LogP contribution in [0.15, 0.2) is 65.8 Å². The van der Waals surface area contributed by atoms with Gasteiger partial charge in [0, 0.05) is 23.4 Å². The Kier molecular flexibility index (Phi) is 6.28. The molecule has 3 N–H and O–H groups in total. The van der Waals surface area contributed by atoms with Gasteiger partial charge in [-0.15, -0.1) is 11.8 Å². The second kappa shape index (κ2) is 8.86. The van der Waals surface area contributed by atoms with Gasteiger partial charge in [0.25, 0.3) is 5.91 Å². The molecule has 1 heterocycles. The number of carbonyl (C=O) groups is 2. The topological polar surface area (TPSA) is 86.3 Å². The number of carbonyl (C=O) groups excluding carboxylic acids is 2. The predicted octanol–water partition coefficient (Wildman–Crippen LogP) is 3.97. The molecule has 0 aliphatic carbocycles. The van der Waals surface area contributed by atoms with Crippen LogP contribution in [0.5, 0.6) is 5.75 Å². The summed E-state index contributed by atoms with van der Waals surface area (Å²) in [5.41, 5.74) is 6.80. The summed E-state index contributed by atoms with van der Waals surface area (Å²) in [5, 5.41) is 3.26. The maximum Gasteiger partial charge on any atom is 0.259 e. The van der Waals surface area contributed by atoms with Gasteiger partial charge in [-0.25, -0.2) is 0 Å². The zero-order valence-electron chi connectivity index (χ0n) is 15.0. The number of amides is 2. The van der Waals surface area contributed by atoms with Crippen LogP contribution < -0.4 is 15.8 Å². The molecule has 2 aromatic carbocycles. The molecule has 6 nitrogen and oxygen atoms in total. The average molecular weight is 416 g/mol. The van der Waals surface area contributed by atoms with Crippen molar-refractivity contribution in [1.82, 2.24) is 4.57 Å². The number of hydrogen-bond donors (Lipinski definition) is 2. The van der Waals surface area contributed by atoms with Gasteiger partial charge in [-0.2, -0.15) is 0 Å². The number of aromatic nitrogens is 1. The summed E-state index contributed by atoms with van der Waals surface area (Å²) in [5.74, 6) is -0.286. The quantitative estimate of drug-likeness (QED) is 0.571. The number of thioether (sulfide) groups is 1. The third kappa shape index (κ3) is 4.49. The molecule has 0 fully saturated rings. The first-order valence-electron chi connectivity index (χ1n) is 8.32. The summed E-state index contributed by atoms with van der Waals surface area (Å²) >= 11 is 7.66. The molecule has 0 radical (unpaired) electrons. The number of halogens is 1. The van der Waals surface area contributed by atoms with Crippen LogP contribution in [-0.2, 0) is 4.79 Å².